The molecule has 0 unspecified atom stereocenters. The number of imide groups is 1. The standard InChI is InChI=1S/C20H17FN2O5/c1-20(14-5-3-2-4-6-14)18(26)23(19(27)22-20)11-17(25)28-12-16(24)13-7-9-15(21)10-8-13/h2-10H,11-12H2,1H3,(H,22,27)/t20-/m0/s1. The molecule has 1 atom stereocenters. The van der Waals surface area contributed by atoms with Gasteiger partial charge in [0.1, 0.15) is 17.9 Å². The highest BCUT2D eigenvalue weighted by Gasteiger charge is 2.49. The molecule has 0 radical (unpaired) electrons. The summed E-state index contributed by atoms with van der Waals surface area (Å²) in [7, 11) is 0. The molecular formula is C20H17FN2O5. The maximum absolute atomic E-state index is 12.9. The van der Waals surface area contributed by atoms with Crippen molar-refractivity contribution in [3.05, 3.63) is 71.5 Å². The molecule has 0 bridgehead atoms. The lowest BCUT2D eigenvalue weighted by Crippen LogP contribution is -2.41. The van der Waals surface area contributed by atoms with Crippen molar-refractivity contribution in [1.29, 1.82) is 0 Å². The van der Waals surface area contributed by atoms with E-state index in [9.17, 15) is 23.6 Å². The number of ketones is 1. The number of rotatable bonds is 6. The predicted octanol–water partition coefficient (Wildman–Crippen LogP) is 2.02. The lowest BCUT2D eigenvalue weighted by molar-refractivity contribution is -0.146. The van der Waals surface area contributed by atoms with Gasteiger partial charge < -0.3 is 10.1 Å². The average molecular weight is 384 g/mol. The first-order chi connectivity index (χ1) is 13.3. The first-order valence-corrected chi connectivity index (χ1v) is 8.45. The van der Waals surface area contributed by atoms with E-state index in [1.54, 1.807) is 37.3 Å². The van der Waals surface area contributed by atoms with Crippen LogP contribution in [0.3, 0.4) is 0 Å². The van der Waals surface area contributed by atoms with E-state index in [1.807, 2.05) is 0 Å². The number of carbonyl (C=O) groups excluding carboxylic acids is 4. The Balaban J connectivity index is 1.61. The molecule has 3 amide bonds. The predicted molar refractivity (Wildman–Crippen MR) is 95.7 cm³/mol. The fourth-order valence-electron chi connectivity index (χ4n) is 2.85. The summed E-state index contributed by atoms with van der Waals surface area (Å²) in [5.74, 6) is -2.52. The summed E-state index contributed by atoms with van der Waals surface area (Å²) >= 11 is 0. The van der Waals surface area contributed by atoms with Gasteiger partial charge in [-0.25, -0.2) is 9.18 Å². The number of hydrogen-bond donors (Lipinski definition) is 1. The zero-order chi connectivity index (χ0) is 20.3. The maximum Gasteiger partial charge on any atom is 0.326 e. The van der Waals surface area contributed by atoms with Crippen LogP contribution in [0.5, 0.6) is 0 Å². The molecule has 28 heavy (non-hydrogen) atoms. The molecule has 144 valence electrons. The molecule has 1 aliphatic rings. The Morgan fingerprint density at radius 3 is 2.36 bits per heavy atom. The van der Waals surface area contributed by atoms with Crippen molar-refractivity contribution in [3.63, 3.8) is 0 Å². The first-order valence-electron chi connectivity index (χ1n) is 8.45. The van der Waals surface area contributed by atoms with Gasteiger partial charge in [-0.05, 0) is 36.8 Å². The number of hydrogen-bond acceptors (Lipinski definition) is 5. The number of ether oxygens (including phenoxy) is 1. The van der Waals surface area contributed by atoms with Crippen LogP contribution >= 0.6 is 0 Å². The summed E-state index contributed by atoms with van der Waals surface area (Å²) in [5.41, 5.74) is -0.528. The molecule has 7 nitrogen and oxygen atoms in total. The molecule has 2 aromatic rings. The lowest BCUT2D eigenvalue weighted by atomic mass is 9.92. The Labute approximate surface area is 160 Å². The third kappa shape index (κ3) is 3.75. The third-order valence-electron chi connectivity index (χ3n) is 4.44. The van der Waals surface area contributed by atoms with Gasteiger partial charge in [-0.15, -0.1) is 0 Å². The van der Waals surface area contributed by atoms with E-state index in [2.05, 4.69) is 5.32 Å². The largest absolute Gasteiger partial charge is 0.456 e. The van der Waals surface area contributed by atoms with Crippen LogP contribution in [0.25, 0.3) is 0 Å². The zero-order valence-corrected chi connectivity index (χ0v) is 15.0. The van der Waals surface area contributed by atoms with Crippen LogP contribution in [0.1, 0.15) is 22.8 Å². The number of nitrogens with zero attached hydrogens (tertiary/aromatic N) is 1. The van der Waals surface area contributed by atoms with Crippen molar-refractivity contribution < 1.29 is 28.3 Å². The summed E-state index contributed by atoms with van der Waals surface area (Å²) in [6, 6.07) is 12.7. The number of esters is 1. The Kier molecular flexibility index (Phi) is 5.21. The van der Waals surface area contributed by atoms with Crippen molar-refractivity contribution in [1.82, 2.24) is 10.2 Å². The number of benzene rings is 2. The third-order valence-corrected chi connectivity index (χ3v) is 4.44. The lowest BCUT2D eigenvalue weighted by Gasteiger charge is -2.21. The second-order valence-electron chi connectivity index (χ2n) is 6.40. The molecule has 0 spiro atoms. The van der Waals surface area contributed by atoms with E-state index in [4.69, 9.17) is 4.74 Å². The smallest absolute Gasteiger partial charge is 0.326 e. The van der Waals surface area contributed by atoms with Crippen molar-refractivity contribution in [2.24, 2.45) is 0 Å². The van der Waals surface area contributed by atoms with Gasteiger partial charge >= 0.3 is 12.0 Å². The van der Waals surface area contributed by atoms with Crippen molar-refractivity contribution in [2.75, 3.05) is 13.2 Å². The molecule has 3 rings (SSSR count). The Morgan fingerprint density at radius 1 is 1.07 bits per heavy atom. The Morgan fingerprint density at radius 2 is 1.71 bits per heavy atom. The van der Waals surface area contributed by atoms with Gasteiger partial charge in [0.2, 0.25) is 0 Å². The van der Waals surface area contributed by atoms with Gasteiger partial charge in [-0.3, -0.25) is 19.3 Å². The van der Waals surface area contributed by atoms with E-state index >= 15 is 0 Å². The van der Waals surface area contributed by atoms with Gasteiger partial charge in [-0.2, -0.15) is 0 Å². The normalized spacial score (nSPS) is 18.7. The van der Waals surface area contributed by atoms with Gasteiger partial charge in [0, 0.05) is 5.56 Å². The molecule has 1 aliphatic heterocycles. The Hall–Kier alpha value is -3.55. The van der Waals surface area contributed by atoms with Crippen LogP contribution in [-0.2, 0) is 19.9 Å². The zero-order valence-electron chi connectivity index (χ0n) is 15.0. The summed E-state index contributed by atoms with van der Waals surface area (Å²) in [6.07, 6.45) is 0. The SMILES string of the molecule is C[C@@]1(c2ccccc2)NC(=O)N(CC(=O)OCC(=O)c2ccc(F)cc2)C1=O. The number of urea groups is 1. The topological polar surface area (TPSA) is 92.8 Å². The molecule has 1 saturated heterocycles. The minimum absolute atomic E-state index is 0.181. The minimum Gasteiger partial charge on any atom is -0.456 e. The summed E-state index contributed by atoms with van der Waals surface area (Å²) < 4.78 is 17.7. The molecule has 1 N–H and O–H groups in total. The van der Waals surface area contributed by atoms with Gasteiger partial charge in [0.25, 0.3) is 5.91 Å². The number of carbonyl (C=O) groups is 4. The van der Waals surface area contributed by atoms with Crippen molar-refractivity contribution in [2.45, 2.75) is 12.5 Å². The average Bonchev–Trinajstić information content (AvgIpc) is 2.91. The van der Waals surface area contributed by atoms with E-state index in [0.717, 1.165) is 17.0 Å². The van der Waals surface area contributed by atoms with Crippen molar-refractivity contribution in [3.8, 4) is 0 Å². The molecule has 1 heterocycles. The fourth-order valence-corrected chi connectivity index (χ4v) is 2.85. The number of nitrogens with one attached hydrogen (secondary N) is 1. The fraction of sp³-hybridized carbons (Fsp3) is 0.200. The first kappa shape index (κ1) is 19.2. The quantitative estimate of drug-likeness (QED) is 0.467. The maximum atomic E-state index is 12.9. The molecule has 8 heteroatoms. The second kappa shape index (κ2) is 7.59. The molecule has 1 fully saturated rings. The van der Waals surface area contributed by atoms with E-state index in [1.165, 1.54) is 12.1 Å². The number of amides is 3. The van der Waals surface area contributed by atoms with Crippen LogP contribution < -0.4 is 5.32 Å². The molecule has 0 aliphatic carbocycles. The minimum atomic E-state index is -1.29. The highest BCUT2D eigenvalue weighted by Crippen LogP contribution is 2.28. The van der Waals surface area contributed by atoms with E-state index in [-0.39, 0.29) is 5.56 Å². The molecule has 0 aromatic heterocycles. The summed E-state index contributed by atoms with van der Waals surface area (Å²) in [5, 5.41) is 2.57. The highest BCUT2D eigenvalue weighted by atomic mass is 19.1. The van der Waals surface area contributed by atoms with Gasteiger partial charge in [0.05, 0.1) is 0 Å². The summed E-state index contributed by atoms with van der Waals surface area (Å²) in [6.45, 7) is 0.347. The summed E-state index contributed by atoms with van der Waals surface area (Å²) in [4.78, 5) is 49.6. The molecule has 0 saturated carbocycles. The van der Waals surface area contributed by atoms with E-state index < -0.39 is 48.2 Å². The molecular weight excluding hydrogens is 367 g/mol. The molecule has 2 aromatic carbocycles. The van der Waals surface area contributed by atoms with Crippen LogP contribution in [-0.4, -0.2) is 41.7 Å². The number of halogens is 1. The van der Waals surface area contributed by atoms with E-state index in [0.29, 0.717) is 5.56 Å². The number of Topliss-reactive ketones (excluding diaryl/α,β-unsaturated/α-hetero) is 1. The van der Waals surface area contributed by atoms with Crippen LogP contribution in [0.15, 0.2) is 54.6 Å². The monoisotopic (exact) mass is 384 g/mol. The second-order valence-corrected chi connectivity index (χ2v) is 6.40. The van der Waals surface area contributed by atoms with Crippen LogP contribution in [0.2, 0.25) is 0 Å². The van der Waals surface area contributed by atoms with Crippen LogP contribution in [0, 0.1) is 5.82 Å². The van der Waals surface area contributed by atoms with Crippen LogP contribution in [0.4, 0.5) is 9.18 Å². The van der Waals surface area contributed by atoms with Crippen molar-refractivity contribution >= 4 is 23.7 Å². The van der Waals surface area contributed by atoms with Gasteiger partial charge in [-0.1, -0.05) is 30.3 Å². The van der Waals surface area contributed by atoms with Gasteiger partial charge in [0.15, 0.2) is 12.4 Å². The Bertz CT molecular complexity index is 929. The highest BCUT2D eigenvalue weighted by molar-refractivity contribution is 6.09.